The molecule has 0 aromatic carbocycles. The summed E-state index contributed by atoms with van der Waals surface area (Å²) in [4.78, 5) is 10.6. The maximum absolute atomic E-state index is 10.6. The van der Waals surface area contributed by atoms with E-state index >= 15 is 0 Å². The zero-order chi connectivity index (χ0) is 16.1. The Bertz CT molecular complexity index is 623. The highest BCUT2D eigenvalue weighted by molar-refractivity contribution is 5.78. The van der Waals surface area contributed by atoms with Crippen LogP contribution >= 0.6 is 0 Å². The third-order valence-corrected chi connectivity index (χ3v) is 4.31. The fourth-order valence-electron chi connectivity index (χ4n) is 2.94. The van der Waals surface area contributed by atoms with E-state index in [9.17, 15) is 4.79 Å². The third kappa shape index (κ3) is 3.96. The van der Waals surface area contributed by atoms with Gasteiger partial charge in [-0.1, -0.05) is 33.3 Å². The Labute approximate surface area is 133 Å². The molecule has 0 N–H and O–H groups in total. The van der Waals surface area contributed by atoms with Crippen LogP contribution in [0.4, 0.5) is 0 Å². The summed E-state index contributed by atoms with van der Waals surface area (Å²) in [5.74, 6) is 1.68. The molecule has 0 spiro atoms. The van der Waals surface area contributed by atoms with Crippen LogP contribution in [-0.4, -0.2) is 15.4 Å². The Morgan fingerprint density at radius 2 is 2.09 bits per heavy atom. The largest absolute Gasteiger partial charge is 0.300 e. The van der Waals surface area contributed by atoms with E-state index in [0.717, 1.165) is 12.3 Å². The van der Waals surface area contributed by atoms with Crippen molar-refractivity contribution in [2.24, 2.45) is 5.92 Å². The number of ketones is 1. The van der Waals surface area contributed by atoms with Crippen LogP contribution < -0.4 is 0 Å². The van der Waals surface area contributed by atoms with Gasteiger partial charge in [0.05, 0.1) is 11.2 Å². The summed E-state index contributed by atoms with van der Waals surface area (Å²) >= 11 is 0. The molecular formula is C19H28N2O. The molecule has 1 aliphatic carbocycles. The predicted octanol–water partition coefficient (Wildman–Crippen LogP) is 4.92. The van der Waals surface area contributed by atoms with Gasteiger partial charge in [-0.2, -0.15) is 5.10 Å². The van der Waals surface area contributed by atoms with Crippen LogP contribution in [0.3, 0.4) is 0 Å². The summed E-state index contributed by atoms with van der Waals surface area (Å²) in [6.07, 6.45) is 7.54. The van der Waals surface area contributed by atoms with Crippen LogP contribution in [0.15, 0.2) is 24.4 Å². The molecule has 2 aromatic rings. The van der Waals surface area contributed by atoms with Crippen molar-refractivity contribution < 1.29 is 4.79 Å². The van der Waals surface area contributed by atoms with Gasteiger partial charge >= 0.3 is 0 Å². The Morgan fingerprint density at radius 3 is 2.59 bits per heavy atom. The van der Waals surface area contributed by atoms with E-state index < -0.39 is 0 Å². The summed E-state index contributed by atoms with van der Waals surface area (Å²) < 4.78 is 2.00. The van der Waals surface area contributed by atoms with Gasteiger partial charge in [-0.15, -0.1) is 0 Å². The maximum atomic E-state index is 10.6. The lowest BCUT2D eigenvalue weighted by atomic mass is 9.79. The van der Waals surface area contributed by atoms with Crippen molar-refractivity contribution in [3.05, 3.63) is 35.7 Å². The summed E-state index contributed by atoms with van der Waals surface area (Å²) in [7, 11) is 0. The van der Waals surface area contributed by atoms with E-state index in [1.54, 1.807) is 0 Å². The fraction of sp³-hybridized carbons (Fsp3) is 0.579. The quantitative estimate of drug-likeness (QED) is 0.803. The molecule has 3 heteroatoms. The first kappa shape index (κ1) is 16.7. The van der Waals surface area contributed by atoms with Gasteiger partial charge in [0.2, 0.25) is 0 Å². The second-order valence-corrected chi connectivity index (χ2v) is 6.65. The lowest BCUT2D eigenvalue weighted by molar-refractivity contribution is -0.119. The van der Waals surface area contributed by atoms with Gasteiger partial charge in [0.25, 0.3) is 0 Å². The van der Waals surface area contributed by atoms with Crippen LogP contribution in [0.5, 0.6) is 0 Å². The Kier molecular flexibility index (Phi) is 5.76. The average molecular weight is 300 g/mol. The molecule has 1 aliphatic rings. The lowest BCUT2D eigenvalue weighted by Gasteiger charge is -2.25. The molecule has 0 saturated heterocycles. The number of pyridine rings is 1. The van der Waals surface area contributed by atoms with Crippen molar-refractivity contribution in [2.45, 2.75) is 65.7 Å². The summed E-state index contributed by atoms with van der Waals surface area (Å²) in [6, 6.07) is 6.30. The van der Waals surface area contributed by atoms with Crippen LogP contribution in [0, 0.1) is 12.8 Å². The van der Waals surface area contributed by atoms with Crippen LogP contribution in [0.1, 0.15) is 70.1 Å². The van der Waals surface area contributed by atoms with Crippen molar-refractivity contribution in [1.29, 1.82) is 0 Å². The van der Waals surface area contributed by atoms with Crippen molar-refractivity contribution >= 4 is 11.3 Å². The van der Waals surface area contributed by atoms with Crippen LogP contribution in [-0.2, 0) is 4.79 Å². The molecule has 1 fully saturated rings. The molecule has 3 rings (SSSR count). The number of rotatable bonds is 4. The lowest BCUT2D eigenvalue weighted by Crippen LogP contribution is -2.09. The Morgan fingerprint density at radius 1 is 1.36 bits per heavy atom. The minimum Gasteiger partial charge on any atom is -0.300 e. The number of fused-ring (bicyclic) bond motifs is 1. The molecule has 0 amide bonds. The summed E-state index contributed by atoms with van der Waals surface area (Å²) in [5.41, 5.74) is 3.99. The SMILES string of the molecule is CCC(=O)CC(C)C.Cc1nn2ccccc2c1C1CCC1. The predicted molar refractivity (Wildman–Crippen MR) is 91.3 cm³/mol. The van der Waals surface area contributed by atoms with Crippen molar-refractivity contribution in [1.82, 2.24) is 9.61 Å². The van der Waals surface area contributed by atoms with E-state index in [1.165, 1.54) is 36.0 Å². The van der Waals surface area contributed by atoms with Gasteiger partial charge in [0.1, 0.15) is 5.78 Å². The molecular weight excluding hydrogens is 272 g/mol. The van der Waals surface area contributed by atoms with E-state index in [4.69, 9.17) is 0 Å². The van der Waals surface area contributed by atoms with E-state index in [0.29, 0.717) is 18.1 Å². The molecule has 1 saturated carbocycles. The Balaban J connectivity index is 0.000000192. The molecule has 22 heavy (non-hydrogen) atoms. The van der Waals surface area contributed by atoms with Gasteiger partial charge < -0.3 is 0 Å². The maximum Gasteiger partial charge on any atom is 0.132 e. The molecule has 0 aliphatic heterocycles. The average Bonchev–Trinajstić information content (AvgIpc) is 2.74. The summed E-state index contributed by atoms with van der Waals surface area (Å²) in [5, 5.41) is 4.53. The third-order valence-electron chi connectivity index (χ3n) is 4.31. The monoisotopic (exact) mass is 300 g/mol. The molecule has 0 radical (unpaired) electrons. The van der Waals surface area contributed by atoms with Crippen molar-refractivity contribution in [3.8, 4) is 0 Å². The first-order valence-corrected chi connectivity index (χ1v) is 8.48. The van der Waals surface area contributed by atoms with Gasteiger partial charge in [-0.05, 0) is 43.7 Å². The smallest absolute Gasteiger partial charge is 0.132 e. The molecule has 0 atom stereocenters. The number of Topliss-reactive ketones (excluding diaryl/α,β-unsaturated/α-hetero) is 1. The number of aromatic nitrogens is 2. The topological polar surface area (TPSA) is 34.4 Å². The highest BCUT2D eigenvalue weighted by atomic mass is 16.1. The number of nitrogens with zero attached hydrogens (tertiary/aromatic N) is 2. The molecule has 3 nitrogen and oxygen atoms in total. The van der Waals surface area contributed by atoms with Gasteiger partial charge in [-0.25, -0.2) is 4.52 Å². The van der Waals surface area contributed by atoms with Crippen LogP contribution in [0.2, 0.25) is 0 Å². The number of aryl methyl sites for hydroxylation is 1. The zero-order valence-corrected chi connectivity index (χ0v) is 14.3. The van der Waals surface area contributed by atoms with E-state index in [1.807, 2.05) is 23.7 Å². The standard InChI is InChI=1S/C12H14N2.C7H14O/c1-9-12(10-5-4-6-10)11-7-2-3-8-14(11)13-9;1-4-7(8)5-6(2)3/h2-3,7-8,10H,4-6H2,1H3;6H,4-5H2,1-3H3. The van der Waals surface area contributed by atoms with Crippen molar-refractivity contribution in [2.75, 3.05) is 0 Å². The molecule has 120 valence electrons. The minimum atomic E-state index is 0.375. The van der Waals surface area contributed by atoms with Gasteiger partial charge in [0, 0.05) is 24.6 Å². The second-order valence-electron chi connectivity index (χ2n) is 6.65. The van der Waals surface area contributed by atoms with E-state index in [-0.39, 0.29) is 0 Å². The molecule has 2 aromatic heterocycles. The Hall–Kier alpha value is -1.64. The number of hydrogen-bond donors (Lipinski definition) is 0. The molecule has 0 unspecified atom stereocenters. The fourth-order valence-corrected chi connectivity index (χ4v) is 2.94. The zero-order valence-electron chi connectivity index (χ0n) is 14.3. The van der Waals surface area contributed by atoms with Crippen molar-refractivity contribution in [3.63, 3.8) is 0 Å². The first-order valence-electron chi connectivity index (χ1n) is 8.48. The highest BCUT2D eigenvalue weighted by Crippen LogP contribution is 2.39. The number of hydrogen-bond acceptors (Lipinski definition) is 2. The normalized spacial score (nSPS) is 14.6. The molecule has 2 heterocycles. The van der Waals surface area contributed by atoms with Crippen LogP contribution in [0.25, 0.3) is 5.52 Å². The highest BCUT2D eigenvalue weighted by Gasteiger charge is 2.24. The van der Waals surface area contributed by atoms with Gasteiger partial charge in [0.15, 0.2) is 0 Å². The summed E-state index contributed by atoms with van der Waals surface area (Å²) in [6.45, 7) is 8.16. The minimum absolute atomic E-state index is 0.375. The second kappa shape index (κ2) is 7.57. The van der Waals surface area contributed by atoms with Gasteiger partial charge in [-0.3, -0.25) is 4.79 Å². The molecule has 0 bridgehead atoms. The number of carbonyl (C=O) groups is 1. The van der Waals surface area contributed by atoms with E-state index in [2.05, 4.69) is 38.0 Å². The first-order chi connectivity index (χ1) is 10.5. The number of carbonyl (C=O) groups excluding carboxylic acids is 1.